The molecule has 0 radical (unpaired) electrons. The second-order valence-electron chi connectivity index (χ2n) is 8.94. The van der Waals surface area contributed by atoms with Crippen LogP contribution in [-0.2, 0) is 17.8 Å². The summed E-state index contributed by atoms with van der Waals surface area (Å²) < 4.78 is 14.0. The molecule has 2 aliphatic rings. The van der Waals surface area contributed by atoms with Gasteiger partial charge in [0.15, 0.2) is 11.5 Å². The van der Waals surface area contributed by atoms with Gasteiger partial charge < -0.3 is 20.0 Å². The van der Waals surface area contributed by atoms with Crippen LogP contribution in [0.1, 0.15) is 11.1 Å². The smallest absolute Gasteiger partial charge is 0.236 e. The lowest BCUT2D eigenvalue weighted by Crippen LogP contribution is -2.53. The maximum atomic E-state index is 14.0. The maximum Gasteiger partial charge on any atom is 0.236 e. The summed E-state index contributed by atoms with van der Waals surface area (Å²) in [6, 6.07) is 12.7. The zero-order chi connectivity index (χ0) is 23.2. The Bertz CT molecular complexity index is 927. The Kier molecular flexibility index (Phi) is 7.80. The van der Waals surface area contributed by atoms with Crippen molar-refractivity contribution in [3.8, 4) is 11.5 Å². The quantitative estimate of drug-likeness (QED) is 0.619. The van der Waals surface area contributed by atoms with Gasteiger partial charge in [-0.05, 0) is 18.1 Å². The van der Waals surface area contributed by atoms with E-state index in [2.05, 4.69) is 39.0 Å². The summed E-state index contributed by atoms with van der Waals surface area (Å²) in [4.78, 5) is 21.4. The number of phenols is 2. The molecule has 2 fully saturated rings. The van der Waals surface area contributed by atoms with E-state index in [9.17, 15) is 19.4 Å². The van der Waals surface area contributed by atoms with E-state index in [-0.39, 0.29) is 11.7 Å². The van der Waals surface area contributed by atoms with Crippen molar-refractivity contribution in [1.29, 1.82) is 0 Å². The van der Waals surface area contributed by atoms with Crippen LogP contribution in [-0.4, -0.2) is 101 Å². The molecule has 2 heterocycles. The van der Waals surface area contributed by atoms with Gasteiger partial charge in [0.25, 0.3) is 0 Å². The number of phenolic OH excluding ortho intramolecular Hbond substituents is 2. The van der Waals surface area contributed by atoms with Crippen LogP contribution in [0.4, 0.5) is 4.39 Å². The van der Waals surface area contributed by atoms with E-state index < -0.39 is 11.6 Å². The fourth-order valence-corrected chi connectivity index (χ4v) is 4.51. The van der Waals surface area contributed by atoms with Crippen LogP contribution in [0.5, 0.6) is 11.5 Å². The third kappa shape index (κ3) is 6.43. The zero-order valence-corrected chi connectivity index (χ0v) is 19.0. The normalized spacial score (nSPS) is 18.5. The molecule has 0 saturated carbocycles. The van der Waals surface area contributed by atoms with Gasteiger partial charge in [-0.2, -0.15) is 0 Å². The van der Waals surface area contributed by atoms with Crippen LogP contribution >= 0.6 is 0 Å². The predicted octanol–water partition coefficient (Wildman–Crippen LogP) is 1.74. The molecule has 2 aliphatic heterocycles. The number of piperazine rings is 2. The summed E-state index contributed by atoms with van der Waals surface area (Å²) in [6.07, 6.45) is 1.05. The van der Waals surface area contributed by atoms with Crippen LogP contribution in [0.3, 0.4) is 0 Å². The minimum Gasteiger partial charge on any atom is -0.504 e. The van der Waals surface area contributed by atoms with Crippen molar-refractivity contribution in [3.63, 3.8) is 0 Å². The van der Waals surface area contributed by atoms with Crippen molar-refractivity contribution in [2.45, 2.75) is 13.0 Å². The van der Waals surface area contributed by atoms with Gasteiger partial charge in [-0.3, -0.25) is 14.6 Å². The highest BCUT2D eigenvalue weighted by atomic mass is 19.1. The molecule has 0 spiro atoms. The highest BCUT2D eigenvalue weighted by molar-refractivity contribution is 5.78. The van der Waals surface area contributed by atoms with Crippen molar-refractivity contribution in [2.75, 3.05) is 65.4 Å². The number of aromatic hydroxyl groups is 2. The van der Waals surface area contributed by atoms with Crippen LogP contribution < -0.4 is 0 Å². The van der Waals surface area contributed by atoms with Crippen LogP contribution in [0.25, 0.3) is 0 Å². The van der Waals surface area contributed by atoms with E-state index >= 15 is 0 Å². The van der Waals surface area contributed by atoms with E-state index in [0.29, 0.717) is 44.8 Å². The average Bonchev–Trinajstić information content (AvgIpc) is 2.83. The zero-order valence-electron chi connectivity index (χ0n) is 19.0. The monoisotopic (exact) mass is 456 g/mol. The largest absolute Gasteiger partial charge is 0.504 e. The molecule has 0 aromatic heterocycles. The molecule has 0 aliphatic carbocycles. The van der Waals surface area contributed by atoms with Gasteiger partial charge in [-0.25, -0.2) is 4.39 Å². The molecule has 2 aromatic rings. The van der Waals surface area contributed by atoms with E-state index in [1.165, 1.54) is 11.6 Å². The first-order valence-corrected chi connectivity index (χ1v) is 11.7. The van der Waals surface area contributed by atoms with Crippen molar-refractivity contribution < 1.29 is 19.4 Å². The third-order valence-electron chi connectivity index (χ3n) is 6.65. The van der Waals surface area contributed by atoms with Crippen LogP contribution in [0, 0.1) is 5.82 Å². The lowest BCUT2D eigenvalue weighted by atomic mass is 10.1. The molecule has 33 heavy (non-hydrogen) atoms. The Morgan fingerprint density at radius 1 is 0.818 bits per heavy atom. The number of benzene rings is 2. The van der Waals surface area contributed by atoms with Crippen molar-refractivity contribution in [3.05, 3.63) is 59.4 Å². The fourth-order valence-electron chi connectivity index (χ4n) is 4.51. The molecule has 2 aromatic carbocycles. The van der Waals surface area contributed by atoms with Gasteiger partial charge in [-0.15, -0.1) is 0 Å². The molecule has 178 valence electrons. The molecule has 0 unspecified atom stereocenters. The fraction of sp³-hybridized carbons (Fsp3) is 0.480. The van der Waals surface area contributed by atoms with Gasteiger partial charge >= 0.3 is 0 Å². The Hall–Kier alpha value is -2.68. The SMILES string of the molecule is O=C(CN1CCN(CCc2ccccc2)CC1)N1CCN(Cc2cc(O)c(O)cc2F)CC1. The maximum absolute atomic E-state index is 14.0. The van der Waals surface area contributed by atoms with Gasteiger partial charge in [0.05, 0.1) is 6.54 Å². The summed E-state index contributed by atoms with van der Waals surface area (Å²) in [5.41, 5.74) is 1.70. The molecule has 7 nitrogen and oxygen atoms in total. The third-order valence-corrected chi connectivity index (χ3v) is 6.65. The van der Waals surface area contributed by atoms with Crippen molar-refractivity contribution in [2.24, 2.45) is 0 Å². The molecule has 4 rings (SSSR count). The van der Waals surface area contributed by atoms with Gasteiger partial charge in [0.2, 0.25) is 5.91 Å². The first-order chi connectivity index (χ1) is 16.0. The lowest BCUT2D eigenvalue weighted by molar-refractivity contribution is -0.134. The van der Waals surface area contributed by atoms with E-state index in [0.717, 1.165) is 45.2 Å². The van der Waals surface area contributed by atoms with E-state index in [4.69, 9.17) is 0 Å². The second-order valence-corrected chi connectivity index (χ2v) is 8.94. The molecule has 8 heteroatoms. The molecule has 0 atom stereocenters. The number of carbonyl (C=O) groups excluding carboxylic acids is 1. The molecule has 1 amide bonds. The number of halogens is 1. The number of nitrogens with zero attached hydrogens (tertiary/aromatic N) is 4. The summed E-state index contributed by atoms with van der Waals surface area (Å²) in [5.74, 6) is -1.16. The Morgan fingerprint density at radius 2 is 1.42 bits per heavy atom. The minimum atomic E-state index is -0.535. The predicted molar refractivity (Wildman–Crippen MR) is 125 cm³/mol. The number of rotatable bonds is 7. The molecule has 2 N–H and O–H groups in total. The summed E-state index contributed by atoms with van der Waals surface area (Å²) in [5, 5.41) is 19.0. The summed E-state index contributed by atoms with van der Waals surface area (Å²) in [7, 11) is 0. The van der Waals surface area contributed by atoms with Crippen LogP contribution in [0.15, 0.2) is 42.5 Å². The minimum absolute atomic E-state index is 0.154. The molecular weight excluding hydrogens is 423 g/mol. The topological polar surface area (TPSA) is 70.5 Å². The highest BCUT2D eigenvalue weighted by Gasteiger charge is 2.25. The standard InChI is InChI=1S/C25H33FN4O3/c26-22-17-24(32)23(31)16-21(22)18-28-12-14-30(15-13-28)25(33)19-29-10-8-27(9-11-29)7-6-20-4-2-1-3-5-20/h1-5,16-17,31-32H,6-15,18-19H2. The number of hydrogen-bond acceptors (Lipinski definition) is 6. The van der Waals surface area contributed by atoms with Gasteiger partial charge in [0.1, 0.15) is 5.82 Å². The summed E-state index contributed by atoms with van der Waals surface area (Å²) >= 11 is 0. The number of hydrogen-bond donors (Lipinski definition) is 2. The first kappa shape index (κ1) is 23.5. The van der Waals surface area contributed by atoms with E-state index in [1.807, 2.05) is 11.0 Å². The Labute approximate surface area is 194 Å². The van der Waals surface area contributed by atoms with E-state index in [1.54, 1.807) is 0 Å². The summed E-state index contributed by atoms with van der Waals surface area (Å²) in [6.45, 7) is 8.15. The number of carbonyl (C=O) groups is 1. The lowest BCUT2D eigenvalue weighted by Gasteiger charge is -2.38. The Balaban J connectivity index is 1.16. The first-order valence-electron chi connectivity index (χ1n) is 11.7. The van der Waals surface area contributed by atoms with Crippen molar-refractivity contribution in [1.82, 2.24) is 19.6 Å². The van der Waals surface area contributed by atoms with Crippen LogP contribution in [0.2, 0.25) is 0 Å². The Morgan fingerprint density at radius 3 is 2.12 bits per heavy atom. The molecular formula is C25H33FN4O3. The number of amides is 1. The molecule has 0 bridgehead atoms. The second kappa shape index (κ2) is 11.0. The van der Waals surface area contributed by atoms with Crippen molar-refractivity contribution >= 4 is 5.91 Å². The van der Waals surface area contributed by atoms with Gasteiger partial charge in [0, 0.05) is 77.1 Å². The average molecular weight is 457 g/mol. The van der Waals surface area contributed by atoms with Gasteiger partial charge in [-0.1, -0.05) is 30.3 Å². The highest BCUT2D eigenvalue weighted by Crippen LogP contribution is 2.28. The molecule has 2 saturated heterocycles.